The Morgan fingerprint density at radius 2 is 1.92 bits per heavy atom. The average molecular weight is 340 g/mol. The third-order valence-corrected chi connectivity index (χ3v) is 3.97. The molecule has 0 saturated heterocycles. The zero-order chi connectivity index (χ0) is 18.4. The number of amides is 1. The molecule has 0 bridgehead atoms. The van der Waals surface area contributed by atoms with E-state index in [0.717, 1.165) is 5.56 Å². The first-order valence-electron chi connectivity index (χ1n) is 8.04. The van der Waals surface area contributed by atoms with Crippen LogP contribution in [0.4, 0.5) is 4.39 Å². The van der Waals surface area contributed by atoms with Crippen molar-refractivity contribution in [3.05, 3.63) is 48.0 Å². The maximum atomic E-state index is 13.7. The summed E-state index contributed by atoms with van der Waals surface area (Å²) in [6.45, 7) is 6.15. The van der Waals surface area contributed by atoms with Gasteiger partial charge in [-0.15, -0.1) is 0 Å². The topological polar surface area (TPSA) is 51.0 Å². The van der Waals surface area contributed by atoms with Gasteiger partial charge >= 0.3 is 0 Å². The van der Waals surface area contributed by atoms with Gasteiger partial charge < -0.3 is 4.90 Å². The van der Waals surface area contributed by atoms with Crippen LogP contribution in [0.3, 0.4) is 0 Å². The average Bonchev–Trinajstić information content (AvgIpc) is 3.02. The van der Waals surface area contributed by atoms with Crippen molar-refractivity contribution >= 4 is 16.8 Å². The molecule has 0 aliphatic rings. The van der Waals surface area contributed by atoms with Crippen molar-refractivity contribution in [3.63, 3.8) is 0 Å². The van der Waals surface area contributed by atoms with Crippen LogP contribution in [-0.4, -0.2) is 39.7 Å². The highest BCUT2D eigenvalue weighted by atomic mass is 19.1. The molecule has 130 valence electrons. The molecular weight excluding hydrogens is 319 g/mol. The van der Waals surface area contributed by atoms with Crippen LogP contribution < -0.4 is 0 Å². The minimum absolute atomic E-state index is 0.150. The van der Waals surface area contributed by atoms with E-state index < -0.39 is 0 Å². The van der Waals surface area contributed by atoms with Gasteiger partial charge in [0, 0.05) is 37.3 Å². The second-order valence-electron chi connectivity index (χ2n) is 7.26. The second kappa shape index (κ2) is 5.95. The third-order valence-electron chi connectivity index (χ3n) is 3.97. The second-order valence-corrected chi connectivity index (χ2v) is 7.26. The van der Waals surface area contributed by atoms with Gasteiger partial charge in [-0.2, -0.15) is 5.10 Å². The summed E-state index contributed by atoms with van der Waals surface area (Å²) in [5, 5.41) is 5.01. The third kappa shape index (κ3) is 3.24. The van der Waals surface area contributed by atoms with Gasteiger partial charge in [-0.3, -0.25) is 9.48 Å². The Bertz CT molecular complexity index is 954. The Balaban J connectivity index is 2.22. The number of hydrogen-bond acceptors (Lipinski definition) is 3. The predicted octanol–water partition coefficient (Wildman–Crippen LogP) is 3.69. The van der Waals surface area contributed by atoms with Crippen LogP contribution in [0.5, 0.6) is 0 Å². The molecule has 3 aromatic rings. The summed E-state index contributed by atoms with van der Waals surface area (Å²) in [5.41, 5.74) is 2.16. The van der Waals surface area contributed by atoms with Crippen molar-refractivity contribution in [1.29, 1.82) is 0 Å². The lowest BCUT2D eigenvalue weighted by Gasteiger charge is -2.18. The Hall–Kier alpha value is -2.76. The van der Waals surface area contributed by atoms with Crippen LogP contribution in [0.1, 0.15) is 31.1 Å². The Labute approximate surface area is 146 Å². The molecule has 0 spiro atoms. The number of carbonyl (C=O) groups excluding carboxylic acids is 1. The highest BCUT2D eigenvalue weighted by molar-refractivity contribution is 6.07. The number of fused-ring (bicyclic) bond motifs is 1. The predicted molar refractivity (Wildman–Crippen MR) is 95.9 cm³/mol. The fourth-order valence-electron chi connectivity index (χ4n) is 2.59. The van der Waals surface area contributed by atoms with Gasteiger partial charge in [-0.05, 0) is 39.0 Å². The first kappa shape index (κ1) is 17.1. The lowest BCUT2D eigenvalue weighted by molar-refractivity contribution is 0.0829. The molecule has 2 aromatic heterocycles. The summed E-state index contributed by atoms with van der Waals surface area (Å²) in [7, 11) is 3.38. The number of aromatic nitrogens is 3. The molecular formula is C19H21FN4O. The molecule has 0 radical (unpaired) electrons. The minimum atomic E-state index is -0.384. The van der Waals surface area contributed by atoms with Gasteiger partial charge in [-0.1, -0.05) is 0 Å². The van der Waals surface area contributed by atoms with Gasteiger partial charge in [0.05, 0.1) is 28.5 Å². The van der Waals surface area contributed by atoms with Crippen LogP contribution in [0.25, 0.3) is 22.2 Å². The van der Waals surface area contributed by atoms with Gasteiger partial charge in [0.25, 0.3) is 5.91 Å². The van der Waals surface area contributed by atoms with Crippen molar-refractivity contribution in [3.8, 4) is 11.3 Å². The van der Waals surface area contributed by atoms with Gasteiger partial charge in [0.2, 0.25) is 0 Å². The molecule has 1 amide bonds. The highest BCUT2D eigenvalue weighted by Crippen LogP contribution is 2.27. The Morgan fingerprint density at radius 3 is 2.52 bits per heavy atom. The van der Waals surface area contributed by atoms with Gasteiger partial charge in [0.15, 0.2) is 0 Å². The minimum Gasteiger partial charge on any atom is -0.345 e. The van der Waals surface area contributed by atoms with Gasteiger partial charge in [-0.25, -0.2) is 9.37 Å². The van der Waals surface area contributed by atoms with E-state index in [9.17, 15) is 9.18 Å². The summed E-state index contributed by atoms with van der Waals surface area (Å²) in [6.07, 6.45) is 3.60. The van der Waals surface area contributed by atoms with E-state index >= 15 is 0 Å². The van der Waals surface area contributed by atoms with Crippen molar-refractivity contribution < 1.29 is 9.18 Å². The van der Waals surface area contributed by atoms with Crippen molar-refractivity contribution in [2.45, 2.75) is 26.3 Å². The number of benzene rings is 1. The van der Waals surface area contributed by atoms with Crippen LogP contribution in [-0.2, 0) is 5.54 Å². The SMILES string of the molecule is CN(C)C(=O)c1cc(-c2cnn(C(C)(C)C)c2)nc2cc(F)ccc12. The number of halogens is 1. The molecule has 6 heteroatoms. The maximum Gasteiger partial charge on any atom is 0.254 e. The van der Waals surface area contributed by atoms with E-state index in [1.165, 1.54) is 17.0 Å². The standard InChI is InChI=1S/C19H21FN4O/c1-19(2,3)24-11-12(10-21-24)16-9-15(18(25)23(4)5)14-7-6-13(20)8-17(14)22-16/h6-11H,1-5H3. The van der Waals surface area contributed by atoms with E-state index in [2.05, 4.69) is 10.1 Å². The number of carbonyl (C=O) groups is 1. The lowest BCUT2D eigenvalue weighted by atomic mass is 10.0. The van der Waals surface area contributed by atoms with Crippen molar-refractivity contribution in [1.82, 2.24) is 19.7 Å². The largest absolute Gasteiger partial charge is 0.345 e. The molecule has 2 heterocycles. The summed E-state index contributed by atoms with van der Waals surface area (Å²) in [4.78, 5) is 18.6. The normalized spacial score (nSPS) is 11.8. The summed E-state index contributed by atoms with van der Waals surface area (Å²) in [5.74, 6) is -0.533. The van der Waals surface area contributed by atoms with Crippen molar-refractivity contribution in [2.75, 3.05) is 14.1 Å². The van der Waals surface area contributed by atoms with Crippen LogP contribution in [0.15, 0.2) is 36.7 Å². The fourth-order valence-corrected chi connectivity index (χ4v) is 2.59. The molecule has 0 atom stereocenters. The number of nitrogens with zero attached hydrogens (tertiary/aromatic N) is 4. The zero-order valence-electron chi connectivity index (χ0n) is 15.0. The highest BCUT2D eigenvalue weighted by Gasteiger charge is 2.19. The van der Waals surface area contributed by atoms with E-state index in [1.54, 1.807) is 32.4 Å². The maximum absolute atomic E-state index is 13.7. The summed E-state index contributed by atoms with van der Waals surface area (Å²) < 4.78 is 15.5. The number of pyridine rings is 1. The summed E-state index contributed by atoms with van der Waals surface area (Å²) in [6, 6.07) is 6.02. The van der Waals surface area contributed by atoms with E-state index in [-0.39, 0.29) is 17.3 Å². The zero-order valence-corrected chi connectivity index (χ0v) is 15.0. The van der Waals surface area contributed by atoms with E-state index in [4.69, 9.17) is 0 Å². The van der Waals surface area contributed by atoms with Crippen molar-refractivity contribution in [2.24, 2.45) is 0 Å². The molecule has 0 aliphatic carbocycles. The molecule has 0 unspecified atom stereocenters. The molecule has 0 saturated carbocycles. The van der Waals surface area contributed by atoms with Gasteiger partial charge in [0.1, 0.15) is 5.82 Å². The van der Waals surface area contributed by atoms with E-state index in [1.807, 2.05) is 31.6 Å². The quantitative estimate of drug-likeness (QED) is 0.715. The monoisotopic (exact) mass is 340 g/mol. The summed E-state index contributed by atoms with van der Waals surface area (Å²) >= 11 is 0. The molecule has 25 heavy (non-hydrogen) atoms. The van der Waals surface area contributed by atoms with Crippen LogP contribution >= 0.6 is 0 Å². The first-order valence-corrected chi connectivity index (χ1v) is 8.04. The van der Waals surface area contributed by atoms with Crippen LogP contribution in [0, 0.1) is 5.82 Å². The molecule has 5 nitrogen and oxygen atoms in total. The molecule has 3 rings (SSSR count). The Morgan fingerprint density at radius 1 is 1.20 bits per heavy atom. The number of rotatable bonds is 2. The van der Waals surface area contributed by atoms with Crippen LogP contribution in [0.2, 0.25) is 0 Å². The Kier molecular flexibility index (Phi) is 4.06. The first-order chi connectivity index (χ1) is 11.7. The van der Waals surface area contributed by atoms with E-state index in [0.29, 0.717) is 22.2 Å². The molecule has 0 N–H and O–H groups in total. The lowest BCUT2D eigenvalue weighted by Crippen LogP contribution is -2.22. The molecule has 0 aliphatic heterocycles. The molecule has 1 aromatic carbocycles. The molecule has 0 fully saturated rings. The number of hydrogen-bond donors (Lipinski definition) is 0. The fraction of sp³-hybridized carbons (Fsp3) is 0.316. The smallest absolute Gasteiger partial charge is 0.254 e.